The number of nitrogens with one attached hydrogen (secondary N) is 1. The first-order valence-electron chi connectivity index (χ1n) is 6.33. The fraction of sp³-hybridized carbons (Fsp3) is 0.500. The van der Waals surface area contributed by atoms with Crippen LogP contribution in [0.1, 0.15) is 13.8 Å². The summed E-state index contributed by atoms with van der Waals surface area (Å²) in [5, 5.41) is 7.46. The summed E-state index contributed by atoms with van der Waals surface area (Å²) in [7, 11) is 0. The van der Waals surface area contributed by atoms with E-state index in [0.29, 0.717) is 5.95 Å². The van der Waals surface area contributed by atoms with E-state index in [1.165, 1.54) is 6.33 Å². The van der Waals surface area contributed by atoms with Crippen LogP contribution < -0.4 is 10.2 Å². The van der Waals surface area contributed by atoms with Crippen LogP contribution in [0.2, 0.25) is 0 Å². The standard InChI is InChI=1S/C12H17N7/c1-12(2)7-13-5-6-18(12)10-3-4-15-11(17-10)19-9-14-8-16-19/h3-4,8-9,13H,5-7H2,1-2H3. The molecule has 2 aromatic rings. The monoisotopic (exact) mass is 259 g/mol. The van der Waals surface area contributed by atoms with E-state index in [-0.39, 0.29) is 5.54 Å². The van der Waals surface area contributed by atoms with Gasteiger partial charge in [0.05, 0.1) is 0 Å². The third-order valence-corrected chi connectivity index (χ3v) is 3.33. The fourth-order valence-electron chi connectivity index (χ4n) is 2.32. The summed E-state index contributed by atoms with van der Waals surface area (Å²) >= 11 is 0. The van der Waals surface area contributed by atoms with E-state index >= 15 is 0 Å². The van der Waals surface area contributed by atoms with Crippen LogP contribution in [0.15, 0.2) is 24.9 Å². The Hall–Kier alpha value is -2.02. The van der Waals surface area contributed by atoms with Gasteiger partial charge in [0, 0.05) is 31.4 Å². The summed E-state index contributed by atoms with van der Waals surface area (Å²) in [6.07, 6.45) is 4.84. The first-order chi connectivity index (χ1) is 9.17. The molecule has 3 heterocycles. The molecule has 3 rings (SSSR count). The molecule has 1 aliphatic rings. The maximum atomic E-state index is 4.58. The quantitative estimate of drug-likeness (QED) is 0.833. The van der Waals surface area contributed by atoms with Crippen LogP contribution in [0, 0.1) is 0 Å². The Morgan fingerprint density at radius 3 is 3.00 bits per heavy atom. The highest BCUT2D eigenvalue weighted by Crippen LogP contribution is 2.23. The highest BCUT2D eigenvalue weighted by molar-refractivity contribution is 5.43. The van der Waals surface area contributed by atoms with Crippen LogP contribution in [0.5, 0.6) is 0 Å². The molecule has 0 spiro atoms. The Labute approximate surface area is 111 Å². The van der Waals surface area contributed by atoms with Gasteiger partial charge in [0.1, 0.15) is 18.5 Å². The summed E-state index contributed by atoms with van der Waals surface area (Å²) < 4.78 is 1.57. The van der Waals surface area contributed by atoms with Gasteiger partial charge in [-0.2, -0.15) is 14.8 Å². The molecule has 1 saturated heterocycles. The smallest absolute Gasteiger partial charge is 0.253 e. The molecule has 0 saturated carbocycles. The molecule has 100 valence electrons. The number of hydrogen-bond acceptors (Lipinski definition) is 6. The van der Waals surface area contributed by atoms with Gasteiger partial charge in [-0.1, -0.05) is 0 Å². The average molecular weight is 259 g/mol. The molecule has 19 heavy (non-hydrogen) atoms. The molecule has 1 aliphatic heterocycles. The lowest BCUT2D eigenvalue weighted by atomic mass is 10.0. The average Bonchev–Trinajstić information content (AvgIpc) is 2.92. The SMILES string of the molecule is CC1(C)CNCCN1c1ccnc(-n2cncn2)n1. The van der Waals surface area contributed by atoms with Crippen molar-refractivity contribution >= 4 is 5.82 Å². The molecule has 1 fully saturated rings. The third kappa shape index (κ3) is 2.28. The maximum Gasteiger partial charge on any atom is 0.253 e. The van der Waals surface area contributed by atoms with Gasteiger partial charge in [0.25, 0.3) is 5.95 Å². The number of hydrogen-bond donors (Lipinski definition) is 1. The molecule has 0 aliphatic carbocycles. The summed E-state index contributed by atoms with van der Waals surface area (Å²) in [6, 6.07) is 1.94. The van der Waals surface area contributed by atoms with Crippen molar-refractivity contribution in [3.05, 3.63) is 24.9 Å². The molecular weight excluding hydrogens is 242 g/mol. The lowest BCUT2D eigenvalue weighted by Gasteiger charge is -2.43. The van der Waals surface area contributed by atoms with Crippen LogP contribution in [0.4, 0.5) is 5.82 Å². The Morgan fingerprint density at radius 1 is 1.37 bits per heavy atom. The molecular formula is C12H17N7. The predicted octanol–water partition coefficient (Wildman–Crippen LogP) is 0.245. The van der Waals surface area contributed by atoms with E-state index in [9.17, 15) is 0 Å². The molecule has 2 aromatic heterocycles. The summed E-state index contributed by atoms with van der Waals surface area (Å²) in [4.78, 5) is 15.0. The minimum atomic E-state index is 0.0340. The van der Waals surface area contributed by atoms with Crippen molar-refractivity contribution < 1.29 is 0 Å². The number of piperazine rings is 1. The number of aromatic nitrogens is 5. The zero-order valence-electron chi connectivity index (χ0n) is 11.1. The Morgan fingerprint density at radius 2 is 2.26 bits per heavy atom. The number of nitrogens with zero attached hydrogens (tertiary/aromatic N) is 6. The first kappa shape index (κ1) is 12.0. The Bertz CT molecular complexity index is 549. The van der Waals surface area contributed by atoms with Crippen molar-refractivity contribution in [2.75, 3.05) is 24.5 Å². The molecule has 1 N–H and O–H groups in total. The number of rotatable bonds is 2. The molecule has 0 radical (unpaired) electrons. The minimum Gasteiger partial charge on any atom is -0.349 e. The summed E-state index contributed by atoms with van der Waals surface area (Å²) in [6.45, 7) is 7.25. The molecule has 0 amide bonds. The van der Waals surface area contributed by atoms with Crippen molar-refractivity contribution in [3.63, 3.8) is 0 Å². The van der Waals surface area contributed by atoms with Crippen LogP contribution in [-0.4, -0.2) is 49.9 Å². The Balaban J connectivity index is 1.95. The van der Waals surface area contributed by atoms with Crippen molar-refractivity contribution in [1.29, 1.82) is 0 Å². The largest absolute Gasteiger partial charge is 0.349 e. The van der Waals surface area contributed by atoms with Gasteiger partial charge < -0.3 is 10.2 Å². The molecule has 0 bridgehead atoms. The zero-order chi connectivity index (χ0) is 13.3. The van der Waals surface area contributed by atoms with Crippen LogP contribution >= 0.6 is 0 Å². The van der Waals surface area contributed by atoms with Crippen LogP contribution in [0.25, 0.3) is 5.95 Å². The minimum absolute atomic E-state index is 0.0340. The van der Waals surface area contributed by atoms with E-state index < -0.39 is 0 Å². The van der Waals surface area contributed by atoms with Crippen molar-refractivity contribution in [1.82, 2.24) is 30.0 Å². The summed E-state index contributed by atoms with van der Waals surface area (Å²) in [5.74, 6) is 1.47. The molecule has 0 atom stereocenters. The van der Waals surface area contributed by atoms with Crippen molar-refractivity contribution in [2.45, 2.75) is 19.4 Å². The summed E-state index contributed by atoms with van der Waals surface area (Å²) in [5.41, 5.74) is 0.0340. The molecule has 0 aromatic carbocycles. The lowest BCUT2D eigenvalue weighted by molar-refractivity contribution is 0.377. The van der Waals surface area contributed by atoms with Gasteiger partial charge in [-0.05, 0) is 19.9 Å². The number of anilines is 1. The lowest BCUT2D eigenvalue weighted by Crippen LogP contribution is -2.58. The van der Waals surface area contributed by atoms with Crippen molar-refractivity contribution in [2.24, 2.45) is 0 Å². The highest BCUT2D eigenvalue weighted by atomic mass is 15.4. The second kappa shape index (κ2) is 4.58. The maximum absolute atomic E-state index is 4.58. The van der Waals surface area contributed by atoms with Crippen LogP contribution in [0.3, 0.4) is 0 Å². The van der Waals surface area contributed by atoms with Gasteiger partial charge in [0.2, 0.25) is 0 Å². The topological polar surface area (TPSA) is 71.8 Å². The van der Waals surface area contributed by atoms with Gasteiger partial charge in [-0.15, -0.1) is 0 Å². The van der Waals surface area contributed by atoms with Gasteiger partial charge >= 0.3 is 0 Å². The zero-order valence-corrected chi connectivity index (χ0v) is 11.1. The predicted molar refractivity (Wildman–Crippen MR) is 71.2 cm³/mol. The second-order valence-corrected chi connectivity index (χ2v) is 5.20. The molecule has 0 unspecified atom stereocenters. The normalized spacial score (nSPS) is 18.5. The van der Waals surface area contributed by atoms with Crippen LogP contribution in [-0.2, 0) is 0 Å². The van der Waals surface area contributed by atoms with Crippen molar-refractivity contribution in [3.8, 4) is 5.95 Å². The van der Waals surface area contributed by atoms with E-state index in [2.05, 4.69) is 44.1 Å². The van der Waals surface area contributed by atoms with E-state index in [4.69, 9.17) is 0 Å². The van der Waals surface area contributed by atoms with E-state index in [1.807, 2.05) is 6.07 Å². The van der Waals surface area contributed by atoms with E-state index in [0.717, 1.165) is 25.5 Å². The second-order valence-electron chi connectivity index (χ2n) is 5.20. The highest BCUT2D eigenvalue weighted by Gasteiger charge is 2.30. The van der Waals surface area contributed by atoms with Gasteiger partial charge in [-0.25, -0.2) is 9.97 Å². The third-order valence-electron chi connectivity index (χ3n) is 3.33. The Kier molecular flexibility index (Phi) is 2.90. The first-order valence-corrected chi connectivity index (χ1v) is 6.33. The molecule has 7 heteroatoms. The van der Waals surface area contributed by atoms with Gasteiger partial charge in [0.15, 0.2) is 0 Å². The fourth-order valence-corrected chi connectivity index (χ4v) is 2.32. The molecule has 7 nitrogen and oxygen atoms in total. The van der Waals surface area contributed by atoms with Gasteiger partial charge in [-0.3, -0.25) is 0 Å². The van der Waals surface area contributed by atoms with E-state index in [1.54, 1.807) is 17.2 Å².